The molecule has 0 spiro atoms. The van der Waals surface area contributed by atoms with Crippen molar-refractivity contribution < 1.29 is 4.42 Å². The minimum absolute atomic E-state index is 0.239. The van der Waals surface area contributed by atoms with Gasteiger partial charge in [0.1, 0.15) is 5.76 Å². The zero-order valence-corrected chi connectivity index (χ0v) is 10.2. The second-order valence-electron chi connectivity index (χ2n) is 4.87. The van der Waals surface area contributed by atoms with Gasteiger partial charge in [-0.15, -0.1) is 0 Å². The molecule has 1 saturated carbocycles. The summed E-state index contributed by atoms with van der Waals surface area (Å²) in [6, 6.07) is 4.14. The number of hydrogen-bond acceptors (Lipinski definition) is 2. The Morgan fingerprint density at radius 2 is 2.29 bits per heavy atom. The number of rotatable bonds is 3. The quantitative estimate of drug-likeness (QED) is 0.905. The summed E-state index contributed by atoms with van der Waals surface area (Å²) >= 11 is 3.29. The number of nitrogens with two attached hydrogens (primary N) is 1. The van der Waals surface area contributed by atoms with Crippen molar-refractivity contribution in [3.8, 4) is 0 Å². The maximum Gasteiger partial charge on any atom is 0.169 e. The highest BCUT2D eigenvalue weighted by Gasteiger charge is 2.48. The molecule has 0 radical (unpaired) electrons. The zero-order chi connectivity index (χ0) is 10.3. The molecule has 2 N–H and O–H groups in total. The third-order valence-electron chi connectivity index (χ3n) is 3.17. The van der Waals surface area contributed by atoms with Crippen LogP contribution in [0.15, 0.2) is 21.2 Å². The molecule has 0 saturated heterocycles. The highest BCUT2D eigenvalue weighted by atomic mass is 79.9. The molecule has 0 amide bonds. The SMILES string of the molecule is CC1(C)CC1C(N)Cc1ccc(Br)o1. The first-order valence-electron chi connectivity index (χ1n) is 4.99. The van der Waals surface area contributed by atoms with Crippen LogP contribution in [-0.2, 0) is 6.42 Å². The molecule has 2 unspecified atom stereocenters. The highest BCUT2D eigenvalue weighted by Crippen LogP contribution is 2.53. The van der Waals surface area contributed by atoms with Crippen LogP contribution in [0.2, 0.25) is 0 Å². The lowest BCUT2D eigenvalue weighted by Crippen LogP contribution is -2.27. The molecule has 1 fully saturated rings. The Hall–Kier alpha value is -0.280. The minimum Gasteiger partial charge on any atom is -0.454 e. The Morgan fingerprint density at radius 1 is 1.64 bits per heavy atom. The van der Waals surface area contributed by atoms with E-state index in [0.717, 1.165) is 16.9 Å². The maximum absolute atomic E-state index is 6.12. The van der Waals surface area contributed by atoms with Crippen LogP contribution in [0.1, 0.15) is 26.0 Å². The Bertz CT molecular complexity index is 332. The molecule has 1 aliphatic rings. The van der Waals surface area contributed by atoms with Crippen LogP contribution < -0.4 is 5.73 Å². The van der Waals surface area contributed by atoms with E-state index < -0.39 is 0 Å². The van der Waals surface area contributed by atoms with Crippen molar-refractivity contribution in [2.45, 2.75) is 32.7 Å². The van der Waals surface area contributed by atoms with Crippen molar-refractivity contribution in [3.63, 3.8) is 0 Å². The Morgan fingerprint density at radius 3 is 2.71 bits per heavy atom. The van der Waals surface area contributed by atoms with E-state index in [1.165, 1.54) is 6.42 Å². The second-order valence-corrected chi connectivity index (χ2v) is 5.65. The topological polar surface area (TPSA) is 39.2 Å². The molecule has 78 valence electrons. The standard InChI is InChI=1S/C11H16BrNO/c1-11(2)6-8(11)9(13)5-7-3-4-10(12)14-7/h3-4,8-9H,5-6,13H2,1-2H3. The summed E-state index contributed by atoms with van der Waals surface area (Å²) in [7, 11) is 0. The van der Waals surface area contributed by atoms with Gasteiger partial charge >= 0.3 is 0 Å². The van der Waals surface area contributed by atoms with Crippen molar-refractivity contribution in [2.75, 3.05) is 0 Å². The van der Waals surface area contributed by atoms with E-state index in [0.29, 0.717) is 11.3 Å². The molecule has 1 aliphatic carbocycles. The van der Waals surface area contributed by atoms with E-state index in [1.807, 2.05) is 12.1 Å². The van der Waals surface area contributed by atoms with Crippen molar-refractivity contribution >= 4 is 15.9 Å². The first-order valence-corrected chi connectivity index (χ1v) is 5.78. The predicted molar refractivity (Wildman–Crippen MR) is 60.0 cm³/mol. The van der Waals surface area contributed by atoms with Crippen molar-refractivity contribution in [2.24, 2.45) is 17.1 Å². The monoisotopic (exact) mass is 257 g/mol. The number of hydrogen-bond donors (Lipinski definition) is 1. The molecule has 2 nitrogen and oxygen atoms in total. The zero-order valence-electron chi connectivity index (χ0n) is 8.59. The second kappa shape index (κ2) is 3.38. The van der Waals surface area contributed by atoms with Crippen molar-refractivity contribution in [1.29, 1.82) is 0 Å². The van der Waals surface area contributed by atoms with Gasteiger partial charge < -0.3 is 10.2 Å². The molecular formula is C11H16BrNO. The molecule has 0 aliphatic heterocycles. The molecule has 2 rings (SSSR count). The third-order valence-corrected chi connectivity index (χ3v) is 3.60. The van der Waals surface area contributed by atoms with Gasteiger partial charge in [-0.3, -0.25) is 0 Å². The van der Waals surface area contributed by atoms with Crippen LogP contribution in [0.4, 0.5) is 0 Å². The molecule has 1 aromatic heterocycles. The van der Waals surface area contributed by atoms with Gasteiger partial charge in [0.2, 0.25) is 0 Å². The lowest BCUT2D eigenvalue weighted by molar-refractivity contribution is 0.423. The van der Waals surface area contributed by atoms with Crippen LogP contribution >= 0.6 is 15.9 Å². The number of halogens is 1. The van der Waals surface area contributed by atoms with E-state index in [2.05, 4.69) is 29.8 Å². The smallest absolute Gasteiger partial charge is 0.169 e. The Labute approximate surface area is 93.0 Å². The van der Waals surface area contributed by atoms with Gasteiger partial charge in [0.25, 0.3) is 0 Å². The fraction of sp³-hybridized carbons (Fsp3) is 0.636. The Balaban J connectivity index is 1.93. The lowest BCUT2D eigenvalue weighted by atomic mass is 10.0. The average molecular weight is 258 g/mol. The summed E-state index contributed by atoms with van der Waals surface area (Å²) in [4.78, 5) is 0. The van der Waals surface area contributed by atoms with Crippen LogP contribution in [0.3, 0.4) is 0 Å². The first-order chi connectivity index (χ1) is 6.49. The minimum atomic E-state index is 0.239. The fourth-order valence-corrected chi connectivity index (χ4v) is 2.41. The van der Waals surface area contributed by atoms with Gasteiger partial charge in [-0.25, -0.2) is 0 Å². The van der Waals surface area contributed by atoms with Gasteiger partial charge in [0.15, 0.2) is 4.67 Å². The fourth-order valence-electron chi connectivity index (χ4n) is 2.07. The van der Waals surface area contributed by atoms with E-state index in [1.54, 1.807) is 0 Å². The van der Waals surface area contributed by atoms with Crippen LogP contribution in [0.25, 0.3) is 0 Å². The van der Waals surface area contributed by atoms with Crippen LogP contribution in [-0.4, -0.2) is 6.04 Å². The molecule has 1 aromatic rings. The van der Waals surface area contributed by atoms with E-state index in [4.69, 9.17) is 10.2 Å². The van der Waals surface area contributed by atoms with Gasteiger partial charge in [-0.2, -0.15) is 0 Å². The van der Waals surface area contributed by atoms with Gasteiger partial charge in [-0.05, 0) is 45.8 Å². The largest absolute Gasteiger partial charge is 0.454 e. The molecule has 2 atom stereocenters. The molecule has 14 heavy (non-hydrogen) atoms. The van der Waals surface area contributed by atoms with Gasteiger partial charge in [0.05, 0.1) is 0 Å². The third kappa shape index (κ3) is 2.04. The van der Waals surface area contributed by atoms with Crippen molar-refractivity contribution in [3.05, 3.63) is 22.6 Å². The molecule has 1 heterocycles. The highest BCUT2D eigenvalue weighted by molar-refractivity contribution is 9.10. The molecule has 0 bridgehead atoms. The molecule has 3 heteroatoms. The summed E-state index contributed by atoms with van der Waals surface area (Å²) in [6.07, 6.45) is 2.09. The van der Waals surface area contributed by atoms with Gasteiger partial charge in [0, 0.05) is 12.5 Å². The normalized spacial score (nSPS) is 26.1. The lowest BCUT2D eigenvalue weighted by Gasteiger charge is -2.11. The first kappa shape index (κ1) is 10.2. The summed E-state index contributed by atoms with van der Waals surface area (Å²) < 4.78 is 6.22. The summed E-state index contributed by atoms with van der Waals surface area (Å²) in [5.74, 6) is 1.64. The predicted octanol–water partition coefficient (Wildman–Crippen LogP) is 2.96. The van der Waals surface area contributed by atoms with E-state index in [-0.39, 0.29) is 6.04 Å². The summed E-state index contributed by atoms with van der Waals surface area (Å²) in [5.41, 5.74) is 6.57. The molecular weight excluding hydrogens is 242 g/mol. The molecule has 0 aromatic carbocycles. The van der Waals surface area contributed by atoms with Crippen LogP contribution in [0, 0.1) is 11.3 Å². The number of furan rings is 1. The van der Waals surface area contributed by atoms with Gasteiger partial charge in [-0.1, -0.05) is 13.8 Å². The summed E-state index contributed by atoms with van der Waals surface area (Å²) in [5, 5.41) is 0. The van der Waals surface area contributed by atoms with E-state index in [9.17, 15) is 0 Å². The average Bonchev–Trinajstić information content (AvgIpc) is 2.51. The van der Waals surface area contributed by atoms with E-state index >= 15 is 0 Å². The van der Waals surface area contributed by atoms with Crippen LogP contribution in [0.5, 0.6) is 0 Å². The Kier molecular flexibility index (Phi) is 2.48. The maximum atomic E-state index is 6.12. The summed E-state index contributed by atoms with van der Waals surface area (Å²) in [6.45, 7) is 4.55. The van der Waals surface area contributed by atoms with Crippen molar-refractivity contribution in [1.82, 2.24) is 0 Å².